The van der Waals surface area contributed by atoms with E-state index in [1.807, 2.05) is 27.2 Å². The number of aliphatic hydroxyl groups excluding tert-OH is 1. The topological polar surface area (TPSA) is 58.6 Å². The number of ether oxygens (including phenoxy) is 1. The van der Waals surface area contributed by atoms with Crippen molar-refractivity contribution in [2.24, 2.45) is 0 Å². The molecule has 0 bridgehead atoms. The van der Waals surface area contributed by atoms with Crippen LogP contribution in [0.3, 0.4) is 0 Å². The van der Waals surface area contributed by atoms with Gasteiger partial charge in [-0.25, -0.2) is 4.79 Å². The van der Waals surface area contributed by atoms with Crippen molar-refractivity contribution in [3.05, 3.63) is 6.42 Å². The average molecular weight is 214 g/mol. The van der Waals surface area contributed by atoms with Crippen molar-refractivity contribution in [1.29, 1.82) is 0 Å². The van der Waals surface area contributed by atoms with Crippen LogP contribution in [-0.4, -0.2) is 28.9 Å². The molecule has 2 N–H and O–H groups in total. The number of carbonyl (C=O) groups is 1. The van der Waals surface area contributed by atoms with Gasteiger partial charge in [-0.2, -0.15) is 0 Å². The Morgan fingerprint density at radius 2 is 2.13 bits per heavy atom. The third-order valence-corrected chi connectivity index (χ3v) is 2.22. The van der Waals surface area contributed by atoms with Crippen molar-refractivity contribution in [2.75, 3.05) is 0 Å². The molecule has 0 saturated heterocycles. The summed E-state index contributed by atoms with van der Waals surface area (Å²) in [5.41, 5.74) is -0.456. The Morgan fingerprint density at radius 1 is 1.47 bits per heavy atom. The minimum Gasteiger partial charge on any atom is -0.444 e. The van der Waals surface area contributed by atoms with Gasteiger partial charge >= 0.3 is 6.09 Å². The fraction of sp³-hybridized carbons (Fsp3) is 0.818. The fourth-order valence-electron chi connectivity index (χ4n) is 1.53. The second-order valence-electron chi connectivity index (χ2n) is 4.96. The van der Waals surface area contributed by atoms with Crippen molar-refractivity contribution in [1.82, 2.24) is 5.32 Å². The zero-order valence-corrected chi connectivity index (χ0v) is 9.62. The van der Waals surface area contributed by atoms with Crippen LogP contribution in [0.5, 0.6) is 0 Å². The molecule has 1 aliphatic carbocycles. The number of carbonyl (C=O) groups excluding carboxylic acids is 1. The fourth-order valence-corrected chi connectivity index (χ4v) is 1.53. The smallest absolute Gasteiger partial charge is 0.407 e. The highest BCUT2D eigenvalue weighted by atomic mass is 16.6. The van der Waals surface area contributed by atoms with Crippen LogP contribution in [0.4, 0.5) is 4.79 Å². The van der Waals surface area contributed by atoms with Crippen LogP contribution in [-0.2, 0) is 4.74 Å². The summed E-state index contributed by atoms with van der Waals surface area (Å²) in [6.45, 7) is 5.51. The van der Waals surface area contributed by atoms with Gasteiger partial charge in [0.25, 0.3) is 0 Å². The number of rotatable bonds is 1. The summed E-state index contributed by atoms with van der Waals surface area (Å²) in [7, 11) is 0. The second kappa shape index (κ2) is 4.84. The Morgan fingerprint density at radius 3 is 2.60 bits per heavy atom. The van der Waals surface area contributed by atoms with Crippen LogP contribution >= 0.6 is 0 Å². The molecular formula is C11H20NO3. The summed E-state index contributed by atoms with van der Waals surface area (Å²) in [6, 6.07) is 0.100. The summed E-state index contributed by atoms with van der Waals surface area (Å²) in [5.74, 6) is 0. The summed E-state index contributed by atoms with van der Waals surface area (Å²) in [6.07, 6.45) is 3.35. The van der Waals surface area contributed by atoms with E-state index in [9.17, 15) is 9.90 Å². The highest BCUT2D eigenvalue weighted by molar-refractivity contribution is 5.68. The highest BCUT2D eigenvalue weighted by Crippen LogP contribution is 2.18. The van der Waals surface area contributed by atoms with E-state index in [1.165, 1.54) is 0 Å². The van der Waals surface area contributed by atoms with Crippen LogP contribution < -0.4 is 5.32 Å². The monoisotopic (exact) mass is 214 g/mol. The van der Waals surface area contributed by atoms with Gasteiger partial charge in [0.1, 0.15) is 5.60 Å². The predicted molar refractivity (Wildman–Crippen MR) is 57.3 cm³/mol. The maximum atomic E-state index is 11.4. The molecule has 2 unspecified atom stereocenters. The molecule has 0 aromatic carbocycles. The first-order valence-electron chi connectivity index (χ1n) is 5.38. The molecule has 0 aromatic heterocycles. The van der Waals surface area contributed by atoms with E-state index in [0.29, 0.717) is 12.8 Å². The molecule has 4 nitrogen and oxygen atoms in total. The maximum absolute atomic E-state index is 11.4. The van der Waals surface area contributed by atoms with Crippen LogP contribution in [0.15, 0.2) is 0 Å². The van der Waals surface area contributed by atoms with Gasteiger partial charge in [-0.3, -0.25) is 0 Å². The van der Waals surface area contributed by atoms with Gasteiger partial charge < -0.3 is 15.2 Å². The highest BCUT2D eigenvalue weighted by Gasteiger charge is 2.23. The van der Waals surface area contributed by atoms with Gasteiger partial charge in [-0.1, -0.05) is 0 Å². The Bertz CT molecular complexity index is 214. The largest absolute Gasteiger partial charge is 0.444 e. The van der Waals surface area contributed by atoms with E-state index in [-0.39, 0.29) is 18.2 Å². The van der Waals surface area contributed by atoms with Gasteiger partial charge in [-0.05, 0) is 46.5 Å². The lowest BCUT2D eigenvalue weighted by Crippen LogP contribution is -2.41. The average Bonchev–Trinajstić information content (AvgIpc) is 2.05. The molecule has 1 aliphatic rings. The number of amides is 1. The lowest BCUT2D eigenvalue weighted by atomic mass is 9.93. The molecule has 2 atom stereocenters. The summed E-state index contributed by atoms with van der Waals surface area (Å²) in [4.78, 5) is 11.4. The van der Waals surface area contributed by atoms with Crippen molar-refractivity contribution in [3.63, 3.8) is 0 Å². The van der Waals surface area contributed by atoms with Crippen molar-refractivity contribution in [2.45, 2.75) is 57.8 Å². The summed E-state index contributed by atoms with van der Waals surface area (Å²) < 4.78 is 5.14. The Labute approximate surface area is 91.0 Å². The molecule has 1 radical (unpaired) electrons. The van der Waals surface area contributed by atoms with Gasteiger partial charge in [-0.15, -0.1) is 0 Å². The van der Waals surface area contributed by atoms with E-state index in [0.717, 1.165) is 6.42 Å². The molecule has 1 rings (SSSR count). The van der Waals surface area contributed by atoms with Crippen LogP contribution in [0.2, 0.25) is 0 Å². The Hall–Kier alpha value is -0.770. The maximum Gasteiger partial charge on any atom is 0.407 e. The minimum atomic E-state index is -0.456. The number of alkyl carbamates (subject to hydrolysis) is 1. The second-order valence-corrected chi connectivity index (χ2v) is 4.96. The normalized spacial score (nSPS) is 27.2. The number of hydrogen-bond acceptors (Lipinski definition) is 3. The number of aliphatic hydroxyl groups is 1. The molecule has 1 amide bonds. The molecule has 4 heteroatoms. The molecule has 0 aliphatic heterocycles. The van der Waals surface area contributed by atoms with E-state index in [2.05, 4.69) is 5.32 Å². The van der Waals surface area contributed by atoms with E-state index >= 15 is 0 Å². The molecule has 1 fully saturated rings. The lowest BCUT2D eigenvalue weighted by molar-refractivity contribution is 0.0483. The van der Waals surface area contributed by atoms with Gasteiger partial charge in [0.2, 0.25) is 0 Å². The summed E-state index contributed by atoms with van der Waals surface area (Å²) >= 11 is 0. The van der Waals surface area contributed by atoms with Crippen LogP contribution in [0.25, 0.3) is 0 Å². The molecule has 0 spiro atoms. The first-order valence-corrected chi connectivity index (χ1v) is 5.38. The van der Waals surface area contributed by atoms with E-state index < -0.39 is 5.60 Å². The first kappa shape index (κ1) is 12.3. The Kier molecular flexibility index (Phi) is 3.97. The molecule has 87 valence electrons. The number of nitrogens with one attached hydrogen (secondary N) is 1. The van der Waals surface area contributed by atoms with Crippen molar-refractivity contribution < 1.29 is 14.6 Å². The van der Waals surface area contributed by atoms with E-state index in [4.69, 9.17) is 4.74 Å². The van der Waals surface area contributed by atoms with Crippen molar-refractivity contribution in [3.8, 4) is 0 Å². The zero-order chi connectivity index (χ0) is 11.5. The van der Waals surface area contributed by atoms with Gasteiger partial charge in [0.05, 0.1) is 6.10 Å². The quantitative estimate of drug-likeness (QED) is 0.697. The standard InChI is InChI=1S/C11H20NO3/c1-11(2,3)15-10(14)12-8-4-6-9(13)7-5-8/h6,8-9,13H,4-5,7H2,1-3H3,(H,12,14). The SMILES string of the molecule is CC(C)(C)OC(=O)NC1C[CH]C(O)CC1. The third-order valence-electron chi connectivity index (χ3n) is 2.22. The van der Waals surface area contributed by atoms with Gasteiger partial charge in [0.15, 0.2) is 0 Å². The Balaban J connectivity index is 2.27. The summed E-state index contributed by atoms with van der Waals surface area (Å²) in [5, 5.41) is 12.0. The molecule has 1 saturated carbocycles. The minimum absolute atomic E-state index is 0.100. The van der Waals surface area contributed by atoms with Crippen molar-refractivity contribution >= 4 is 6.09 Å². The lowest BCUT2D eigenvalue weighted by Gasteiger charge is -2.27. The molecule has 15 heavy (non-hydrogen) atoms. The third kappa shape index (κ3) is 5.02. The predicted octanol–water partition coefficient (Wildman–Crippen LogP) is 1.63. The van der Waals surface area contributed by atoms with Gasteiger partial charge in [0, 0.05) is 6.04 Å². The van der Waals surface area contributed by atoms with Crippen LogP contribution in [0, 0.1) is 6.42 Å². The van der Waals surface area contributed by atoms with E-state index in [1.54, 1.807) is 0 Å². The molecular weight excluding hydrogens is 194 g/mol. The molecule has 0 aromatic rings. The number of hydrogen-bond donors (Lipinski definition) is 2. The zero-order valence-electron chi connectivity index (χ0n) is 9.62. The first-order chi connectivity index (χ1) is 6.87. The van der Waals surface area contributed by atoms with Crippen LogP contribution in [0.1, 0.15) is 40.0 Å². The molecule has 0 heterocycles.